The molecule has 7 nitrogen and oxygen atoms in total. The summed E-state index contributed by atoms with van der Waals surface area (Å²) >= 11 is 0. The van der Waals surface area contributed by atoms with Crippen LogP contribution in [0.15, 0.2) is 18.2 Å². The number of halogens is 1. The molecule has 0 saturated carbocycles. The molecule has 9 heteroatoms. The van der Waals surface area contributed by atoms with Crippen LogP contribution in [0.3, 0.4) is 0 Å². The Labute approximate surface area is 120 Å². The van der Waals surface area contributed by atoms with Crippen molar-refractivity contribution in [1.82, 2.24) is 20.2 Å². The fourth-order valence-corrected chi connectivity index (χ4v) is 3.88. The highest BCUT2D eigenvalue weighted by Crippen LogP contribution is 2.28. The third-order valence-electron chi connectivity index (χ3n) is 3.62. The molecule has 0 spiro atoms. The van der Waals surface area contributed by atoms with Crippen molar-refractivity contribution in [2.24, 2.45) is 0 Å². The summed E-state index contributed by atoms with van der Waals surface area (Å²) in [5.74, 6) is 0.117. The molecule has 1 aromatic heterocycles. The van der Waals surface area contributed by atoms with Crippen LogP contribution < -0.4 is 5.73 Å². The smallest absolute Gasteiger partial charge is 0.182 e. The van der Waals surface area contributed by atoms with Crippen LogP contribution in [0.4, 0.5) is 10.1 Å². The van der Waals surface area contributed by atoms with E-state index >= 15 is 0 Å². The molecule has 0 unspecified atom stereocenters. The summed E-state index contributed by atoms with van der Waals surface area (Å²) in [4.78, 5) is 0. The molecule has 0 atom stereocenters. The van der Waals surface area contributed by atoms with Crippen LogP contribution in [0.1, 0.15) is 18.9 Å². The number of hydrogen-bond acceptors (Lipinski definition) is 6. The predicted octanol–water partition coefficient (Wildman–Crippen LogP) is 0.811. The number of nitrogens with zero attached hydrogens (tertiary/aromatic N) is 4. The maximum Gasteiger partial charge on any atom is 0.182 e. The monoisotopic (exact) mass is 311 g/mol. The minimum absolute atomic E-state index is 0.0570. The van der Waals surface area contributed by atoms with Crippen molar-refractivity contribution in [3.63, 3.8) is 0 Å². The highest BCUT2D eigenvalue weighted by atomic mass is 32.2. The summed E-state index contributed by atoms with van der Waals surface area (Å²) in [5.41, 5.74) is 6.02. The fraction of sp³-hybridized carbons (Fsp3) is 0.417. The first-order valence-electron chi connectivity index (χ1n) is 6.50. The van der Waals surface area contributed by atoms with Gasteiger partial charge in [0.2, 0.25) is 0 Å². The Balaban J connectivity index is 1.92. The first kappa shape index (κ1) is 13.9. The number of anilines is 1. The van der Waals surface area contributed by atoms with E-state index in [1.165, 1.54) is 12.1 Å². The standard InChI is InChI=1S/C12H14FN5O2S/c13-10-7-8(1-2-11(10)14)12-15-16-17-18(12)9-3-5-21(19,20)6-4-9/h1-2,7,9H,3-6,14H2. The lowest BCUT2D eigenvalue weighted by molar-refractivity contribution is 0.408. The summed E-state index contributed by atoms with van der Waals surface area (Å²) in [6.07, 6.45) is 0.912. The Morgan fingerprint density at radius 3 is 2.67 bits per heavy atom. The maximum absolute atomic E-state index is 13.6. The van der Waals surface area contributed by atoms with E-state index in [1.807, 2.05) is 0 Å². The summed E-state index contributed by atoms with van der Waals surface area (Å²) < 4.78 is 38.1. The van der Waals surface area contributed by atoms with Crippen molar-refractivity contribution >= 4 is 15.5 Å². The molecule has 0 amide bonds. The lowest BCUT2D eigenvalue weighted by Crippen LogP contribution is -2.26. The number of aromatic nitrogens is 4. The fourth-order valence-electron chi connectivity index (χ4n) is 2.42. The van der Waals surface area contributed by atoms with E-state index in [-0.39, 0.29) is 23.2 Å². The molecule has 0 aliphatic carbocycles. The van der Waals surface area contributed by atoms with Crippen LogP contribution in [0.25, 0.3) is 11.4 Å². The maximum atomic E-state index is 13.6. The van der Waals surface area contributed by atoms with Crippen molar-refractivity contribution in [1.29, 1.82) is 0 Å². The van der Waals surface area contributed by atoms with E-state index < -0.39 is 15.7 Å². The molecule has 1 aromatic carbocycles. The predicted molar refractivity (Wildman–Crippen MR) is 74.5 cm³/mol. The molecule has 2 aromatic rings. The average Bonchev–Trinajstić information content (AvgIpc) is 2.91. The lowest BCUT2D eigenvalue weighted by atomic mass is 10.1. The van der Waals surface area contributed by atoms with Gasteiger partial charge in [0.15, 0.2) is 5.82 Å². The first-order valence-corrected chi connectivity index (χ1v) is 8.32. The number of benzene rings is 1. The van der Waals surface area contributed by atoms with E-state index in [4.69, 9.17) is 5.73 Å². The summed E-state index contributed by atoms with van der Waals surface area (Å²) in [7, 11) is -2.96. The van der Waals surface area contributed by atoms with Gasteiger partial charge in [0.05, 0.1) is 23.2 Å². The van der Waals surface area contributed by atoms with Gasteiger partial charge in [-0.15, -0.1) is 5.10 Å². The van der Waals surface area contributed by atoms with Crippen LogP contribution >= 0.6 is 0 Å². The Morgan fingerprint density at radius 2 is 2.00 bits per heavy atom. The average molecular weight is 311 g/mol. The van der Waals surface area contributed by atoms with E-state index in [2.05, 4.69) is 15.5 Å². The van der Waals surface area contributed by atoms with Crippen LogP contribution in [-0.4, -0.2) is 40.1 Å². The highest BCUT2D eigenvalue weighted by molar-refractivity contribution is 7.91. The molecule has 0 bridgehead atoms. The van der Waals surface area contributed by atoms with Gasteiger partial charge in [-0.2, -0.15) is 0 Å². The van der Waals surface area contributed by atoms with E-state index in [1.54, 1.807) is 10.7 Å². The topological polar surface area (TPSA) is 104 Å². The van der Waals surface area contributed by atoms with Gasteiger partial charge in [0, 0.05) is 5.56 Å². The number of rotatable bonds is 2. The zero-order chi connectivity index (χ0) is 15.0. The SMILES string of the molecule is Nc1ccc(-c2nnnn2C2CCS(=O)(=O)CC2)cc1F. The van der Waals surface area contributed by atoms with Gasteiger partial charge < -0.3 is 5.73 Å². The van der Waals surface area contributed by atoms with Gasteiger partial charge in [0.25, 0.3) is 0 Å². The second-order valence-electron chi connectivity index (χ2n) is 5.07. The van der Waals surface area contributed by atoms with Gasteiger partial charge in [-0.05, 0) is 41.5 Å². The van der Waals surface area contributed by atoms with Gasteiger partial charge >= 0.3 is 0 Å². The summed E-state index contributed by atoms with van der Waals surface area (Å²) in [6, 6.07) is 4.27. The Morgan fingerprint density at radius 1 is 1.29 bits per heavy atom. The van der Waals surface area contributed by atoms with Crippen molar-refractivity contribution < 1.29 is 12.8 Å². The van der Waals surface area contributed by atoms with Crippen LogP contribution in [0.5, 0.6) is 0 Å². The second kappa shape index (κ2) is 5.06. The van der Waals surface area contributed by atoms with Crippen molar-refractivity contribution in [2.75, 3.05) is 17.2 Å². The van der Waals surface area contributed by atoms with Crippen molar-refractivity contribution in [3.05, 3.63) is 24.0 Å². The molecule has 2 N–H and O–H groups in total. The van der Waals surface area contributed by atoms with Gasteiger partial charge in [-0.3, -0.25) is 0 Å². The zero-order valence-corrected chi connectivity index (χ0v) is 11.9. The first-order chi connectivity index (χ1) is 9.96. The quantitative estimate of drug-likeness (QED) is 0.823. The van der Waals surface area contributed by atoms with Crippen LogP contribution in [-0.2, 0) is 9.84 Å². The van der Waals surface area contributed by atoms with E-state index in [0.29, 0.717) is 24.2 Å². The molecular formula is C12H14FN5O2S. The minimum Gasteiger partial charge on any atom is -0.396 e. The molecule has 21 heavy (non-hydrogen) atoms. The molecule has 1 aliphatic rings. The third-order valence-corrected chi connectivity index (χ3v) is 5.34. The number of hydrogen-bond donors (Lipinski definition) is 1. The Bertz CT molecular complexity index is 760. The van der Waals surface area contributed by atoms with Crippen molar-refractivity contribution in [3.8, 4) is 11.4 Å². The Hall–Kier alpha value is -2.03. The third kappa shape index (κ3) is 2.73. The molecule has 1 aliphatic heterocycles. The van der Waals surface area contributed by atoms with Gasteiger partial charge in [-0.25, -0.2) is 17.5 Å². The molecule has 1 saturated heterocycles. The lowest BCUT2D eigenvalue weighted by Gasteiger charge is -2.22. The number of sulfone groups is 1. The van der Waals surface area contributed by atoms with Gasteiger partial charge in [0.1, 0.15) is 15.7 Å². The summed E-state index contributed by atoms with van der Waals surface area (Å²) in [5, 5.41) is 11.5. The molecule has 2 heterocycles. The molecule has 3 rings (SSSR count). The van der Waals surface area contributed by atoms with E-state index in [9.17, 15) is 12.8 Å². The molecular weight excluding hydrogens is 297 g/mol. The summed E-state index contributed by atoms with van der Waals surface area (Å²) in [6.45, 7) is 0. The number of nitrogen functional groups attached to an aromatic ring is 1. The number of tetrazole rings is 1. The molecule has 1 fully saturated rings. The molecule has 0 radical (unpaired) electrons. The largest absolute Gasteiger partial charge is 0.396 e. The van der Waals surface area contributed by atoms with Crippen LogP contribution in [0.2, 0.25) is 0 Å². The van der Waals surface area contributed by atoms with E-state index in [0.717, 1.165) is 0 Å². The second-order valence-corrected chi connectivity index (χ2v) is 7.37. The normalized spacial score (nSPS) is 18.7. The van der Waals surface area contributed by atoms with Crippen molar-refractivity contribution in [2.45, 2.75) is 18.9 Å². The Kier molecular flexibility index (Phi) is 3.36. The van der Waals surface area contributed by atoms with Crippen LogP contribution in [0, 0.1) is 5.82 Å². The number of nitrogens with two attached hydrogens (primary N) is 1. The molecule has 112 valence electrons. The minimum atomic E-state index is -2.96. The van der Waals surface area contributed by atoms with Gasteiger partial charge in [-0.1, -0.05) is 0 Å². The zero-order valence-electron chi connectivity index (χ0n) is 11.1. The highest BCUT2D eigenvalue weighted by Gasteiger charge is 2.27.